The average Bonchev–Trinajstić information content (AvgIpc) is 3.39. The van der Waals surface area contributed by atoms with Crippen molar-refractivity contribution in [2.24, 2.45) is 5.41 Å². The highest BCUT2D eigenvalue weighted by atomic mass is 16.6. The minimum Gasteiger partial charge on any atom is -0.379 e. The Kier molecular flexibility index (Phi) is 30.9. The van der Waals surface area contributed by atoms with Crippen LogP contribution < -0.4 is 26.6 Å². The lowest BCUT2D eigenvalue weighted by molar-refractivity contribution is -0.133. The number of pyridine rings is 1. The molecule has 0 fully saturated rings. The molecule has 0 aliphatic heterocycles. The molecule has 3 atom stereocenters. The van der Waals surface area contributed by atoms with Crippen molar-refractivity contribution in [2.45, 2.75) is 106 Å². The van der Waals surface area contributed by atoms with Gasteiger partial charge in [0.25, 0.3) is 5.91 Å². The van der Waals surface area contributed by atoms with Gasteiger partial charge in [-0.3, -0.25) is 24.0 Å². The summed E-state index contributed by atoms with van der Waals surface area (Å²) in [6, 6.07) is 0.857. The number of aromatic nitrogens is 5. The molecule has 0 aromatic carbocycles. The first-order chi connectivity index (χ1) is 36.3. The van der Waals surface area contributed by atoms with E-state index in [1.807, 2.05) is 48.5 Å². The van der Waals surface area contributed by atoms with Gasteiger partial charge in [0.05, 0.1) is 117 Å². The summed E-state index contributed by atoms with van der Waals surface area (Å²) in [6.07, 6.45) is 6.92. The standard InChI is InChI=1S/C53H84N10O13/c1-36(2)47-55-31-42(32-56-47)44-29-41(30-45(63-44)43-33-57-48(37(3)4)58-34-43)52(68)54-12-14-70-16-18-72-20-22-74-24-26-76-28-27-75-25-23-73-21-19-71-17-15-69-13-11-46(64)60-39(6)50(66)62-40(7)51(67)61-38(5)49(65)59-35-53(8,9)10/h29-34,36-40H,11-28,35H2,1-10H3,(H,54,68)(H,59,65)(H,60,64)(H,61,67)(H,62,66)/t38-,39-,40-/m0/s1. The fourth-order valence-electron chi connectivity index (χ4n) is 6.33. The first-order valence-electron chi connectivity index (χ1n) is 26.1. The summed E-state index contributed by atoms with van der Waals surface area (Å²) in [6.45, 7) is 25.3. The highest BCUT2D eigenvalue weighted by Gasteiger charge is 2.24. The largest absolute Gasteiger partial charge is 0.379 e. The summed E-state index contributed by atoms with van der Waals surface area (Å²) in [5.74, 6) is -0.226. The molecule has 23 heteroatoms. The zero-order chi connectivity index (χ0) is 55.7. The average molecular weight is 1070 g/mol. The fourth-order valence-corrected chi connectivity index (χ4v) is 6.33. The molecular formula is C53H84N10O13. The summed E-state index contributed by atoms with van der Waals surface area (Å²) < 4.78 is 44.3. The van der Waals surface area contributed by atoms with Crippen molar-refractivity contribution < 1.29 is 61.9 Å². The summed E-state index contributed by atoms with van der Waals surface area (Å²) in [5, 5.41) is 13.4. The maximum atomic E-state index is 13.3. The summed E-state index contributed by atoms with van der Waals surface area (Å²) in [5.41, 5.74) is 2.82. The van der Waals surface area contributed by atoms with E-state index in [-0.39, 0.29) is 54.6 Å². The van der Waals surface area contributed by atoms with E-state index in [0.29, 0.717) is 134 Å². The Morgan fingerprint density at radius 1 is 0.461 bits per heavy atom. The number of carbonyl (C=O) groups is 5. The molecule has 76 heavy (non-hydrogen) atoms. The first kappa shape index (κ1) is 64.6. The number of hydrogen-bond acceptors (Lipinski definition) is 18. The lowest BCUT2D eigenvalue weighted by Crippen LogP contribution is -2.55. The molecule has 424 valence electrons. The Morgan fingerprint density at radius 2 is 0.803 bits per heavy atom. The van der Waals surface area contributed by atoms with Gasteiger partial charge in [-0.15, -0.1) is 0 Å². The molecule has 0 spiro atoms. The molecule has 3 rings (SSSR count). The van der Waals surface area contributed by atoms with Gasteiger partial charge in [-0.05, 0) is 38.3 Å². The third kappa shape index (κ3) is 27.4. The van der Waals surface area contributed by atoms with E-state index in [1.165, 1.54) is 13.8 Å². The van der Waals surface area contributed by atoms with Gasteiger partial charge >= 0.3 is 0 Å². The highest BCUT2D eigenvalue weighted by molar-refractivity contribution is 5.96. The van der Waals surface area contributed by atoms with E-state index in [2.05, 4.69) is 46.5 Å². The van der Waals surface area contributed by atoms with Crippen LogP contribution in [-0.2, 0) is 57.1 Å². The number of ether oxygens (including phenoxy) is 8. The summed E-state index contributed by atoms with van der Waals surface area (Å²) >= 11 is 0. The van der Waals surface area contributed by atoms with Crippen molar-refractivity contribution in [3.05, 3.63) is 54.1 Å². The van der Waals surface area contributed by atoms with Gasteiger partial charge in [-0.1, -0.05) is 48.5 Å². The third-order valence-corrected chi connectivity index (χ3v) is 10.7. The Bertz CT molecular complexity index is 2090. The molecule has 0 saturated carbocycles. The van der Waals surface area contributed by atoms with Gasteiger partial charge in [0.2, 0.25) is 23.6 Å². The fraction of sp³-hybridized carbons (Fsp3) is 0.660. The van der Waals surface area contributed by atoms with Gasteiger partial charge in [0.15, 0.2) is 0 Å². The first-order valence-corrected chi connectivity index (χ1v) is 26.1. The smallest absolute Gasteiger partial charge is 0.251 e. The molecule has 0 bridgehead atoms. The predicted molar refractivity (Wildman–Crippen MR) is 283 cm³/mol. The maximum Gasteiger partial charge on any atom is 0.251 e. The number of amides is 5. The number of carbonyl (C=O) groups excluding carboxylic acids is 5. The third-order valence-electron chi connectivity index (χ3n) is 10.7. The van der Waals surface area contributed by atoms with Gasteiger partial charge in [0, 0.05) is 72.8 Å². The van der Waals surface area contributed by atoms with Gasteiger partial charge < -0.3 is 64.5 Å². The molecular weight excluding hydrogens is 985 g/mol. The zero-order valence-electron chi connectivity index (χ0n) is 46.3. The second-order valence-electron chi connectivity index (χ2n) is 19.5. The van der Waals surface area contributed by atoms with E-state index in [0.717, 1.165) is 11.6 Å². The number of nitrogens with zero attached hydrogens (tertiary/aromatic N) is 5. The SMILES string of the molecule is CC(C)c1ncc(-c2cc(C(=O)NCCOCCOCCOCCOCCOCCOCCOCCOCCC(=O)N[C@@H](C)C(=O)N[C@@H](C)C(=O)N[C@@H](C)C(=O)NCC(C)(C)C)cc(-c3cnc(C(C)C)nc3)n2)cn1. The van der Waals surface area contributed by atoms with E-state index < -0.39 is 29.9 Å². The van der Waals surface area contributed by atoms with Crippen LogP contribution in [0.25, 0.3) is 22.5 Å². The molecule has 0 aliphatic rings. The molecule has 0 unspecified atom stereocenters. The maximum absolute atomic E-state index is 13.3. The molecule has 0 saturated heterocycles. The van der Waals surface area contributed by atoms with Crippen molar-refractivity contribution >= 4 is 29.5 Å². The lowest BCUT2D eigenvalue weighted by Gasteiger charge is -2.22. The molecule has 0 aliphatic carbocycles. The Labute approximate surface area is 448 Å². The molecule has 0 radical (unpaired) electrons. The lowest BCUT2D eigenvalue weighted by atomic mass is 9.97. The van der Waals surface area contributed by atoms with E-state index >= 15 is 0 Å². The van der Waals surface area contributed by atoms with Crippen LogP contribution in [-0.4, -0.2) is 191 Å². The minimum atomic E-state index is -0.918. The van der Waals surface area contributed by atoms with Crippen LogP contribution in [0.3, 0.4) is 0 Å². The Balaban J connectivity index is 1.09. The monoisotopic (exact) mass is 1070 g/mol. The quantitative estimate of drug-likeness (QED) is 0.0513. The van der Waals surface area contributed by atoms with Crippen molar-refractivity contribution in [1.29, 1.82) is 0 Å². The van der Waals surface area contributed by atoms with E-state index in [4.69, 9.17) is 42.9 Å². The topological polar surface area (TPSA) is 284 Å². The summed E-state index contributed by atoms with van der Waals surface area (Å²) in [7, 11) is 0. The molecule has 5 N–H and O–H groups in total. The zero-order valence-corrected chi connectivity index (χ0v) is 46.3. The molecule has 3 aromatic heterocycles. The second kappa shape index (κ2) is 36.4. The van der Waals surface area contributed by atoms with Crippen LogP contribution in [0.2, 0.25) is 0 Å². The highest BCUT2D eigenvalue weighted by Crippen LogP contribution is 2.25. The van der Waals surface area contributed by atoms with Crippen LogP contribution in [0.1, 0.15) is 110 Å². The summed E-state index contributed by atoms with van der Waals surface area (Å²) in [4.78, 5) is 85.6. The molecule has 23 nitrogen and oxygen atoms in total. The van der Waals surface area contributed by atoms with Crippen molar-refractivity contribution in [3.63, 3.8) is 0 Å². The molecule has 3 heterocycles. The van der Waals surface area contributed by atoms with E-state index in [9.17, 15) is 24.0 Å². The van der Waals surface area contributed by atoms with Gasteiger partial charge in [0.1, 0.15) is 29.8 Å². The van der Waals surface area contributed by atoms with E-state index in [1.54, 1.807) is 43.8 Å². The van der Waals surface area contributed by atoms with Crippen LogP contribution >= 0.6 is 0 Å². The van der Waals surface area contributed by atoms with Gasteiger partial charge in [-0.2, -0.15) is 0 Å². The van der Waals surface area contributed by atoms with Crippen molar-refractivity contribution in [2.75, 3.05) is 119 Å². The van der Waals surface area contributed by atoms with Crippen molar-refractivity contribution in [1.82, 2.24) is 51.5 Å². The Hall–Kier alpha value is -5.66. The Morgan fingerprint density at radius 3 is 1.17 bits per heavy atom. The normalized spacial score (nSPS) is 12.8. The van der Waals surface area contributed by atoms with Crippen LogP contribution in [0, 0.1) is 5.41 Å². The number of hydrogen-bond donors (Lipinski definition) is 5. The van der Waals surface area contributed by atoms with Crippen LogP contribution in [0.5, 0.6) is 0 Å². The predicted octanol–water partition coefficient (Wildman–Crippen LogP) is 3.17. The van der Waals surface area contributed by atoms with Crippen molar-refractivity contribution in [3.8, 4) is 22.5 Å². The minimum absolute atomic E-state index is 0.0382. The van der Waals surface area contributed by atoms with Crippen LogP contribution in [0.4, 0.5) is 0 Å². The number of rotatable bonds is 39. The molecule has 3 aromatic rings. The molecule has 5 amide bonds. The van der Waals surface area contributed by atoms with Crippen LogP contribution in [0.15, 0.2) is 36.9 Å². The van der Waals surface area contributed by atoms with Gasteiger partial charge in [-0.25, -0.2) is 24.9 Å². The second-order valence-corrected chi connectivity index (χ2v) is 19.5. The number of nitrogens with one attached hydrogen (secondary N) is 5.